The molecule has 0 radical (unpaired) electrons. The minimum absolute atomic E-state index is 0.0791. The molecule has 0 aliphatic carbocycles. The third-order valence-electron chi connectivity index (χ3n) is 5.28. The molecule has 30 heavy (non-hydrogen) atoms. The minimum atomic E-state index is -0.274. The van der Waals surface area contributed by atoms with Crippen molar-refractivity contribution in [3.63, 3.8) is 0 Å². The second kappa shape index (κ2) is 7.59. The Morgan fingerprint density at radius 1 is 1.17 bits per heavy atom. The number of benzene rings is 2. The van der Waals surface area contributed by atoms with Crippen LogP contribution in [0.4, 0.5) is 0 Å². The topological polar surface area (TPSA) is 81.2 Å². The zero-order chi connectivity index (χ0) is 21.4. The molecule has 0 unspecified atom stereocenters. The molecule has 4 rings (SSSR count). The maximum Gasteiger partial charge on any atom is 0.261 e. The molecule has 2 aromatic carbocycles. The Balaban J connectivity index is 1.74. The lowest BCUT2D eigenvalue weighted by atomic mass is 10.0. The predicted octanol–water partition coefficient (Wildman–Crippen LogP) is 3.67. The Kier molecular flexibility index (Phi) is 4.95. The quantitative estimate of drug-likeness (QED) is 0.520. The van der Waals surface area contributed by atoms with Crippen molar-refractivity contribution < 1.29 is 9.32 Å². The smallest absolute Gasteiger partial charge is 0.261 e. The van der Waals surface area contributed by atoms with Crippen LogP contribution in [0.1, 0.15) is 34.6 Å². The van der Waals surface area contributed by atoms with E-state index in [0.29, 0.717) is 16.5 Å². The highest BCUT2D eigenvalue weighted by Crippen LogP contribution is 2.25. The Morgan fingerprint density at radius 3 is 2.67 bits per heavy atom. The van der Waals surface area contributed by atoms with E-state index in [1.165, 1.54) is 4.90 Å². The molecule has 0 N–H and O–H groups in total. The Hall–Kier alpha value is -3.74. The largest absolute Gasteiger partial charge is 0.364 e. The first-order chi connectivity index (χ1) is 14.4. The second-order valence-electron chi connectivity index (χ2n) is 7.50. The number of fused-ring (bicyclic) bond motifs is 1. The van der Waals surface area contributed by atoms with E-state index in [-0.39, 0.29) is 17.5 Å². The van der Waals surface area contributed by atoms with Crippen LogP contribution in [0, 0.1) is 6.92 Å². The molecule has 0 aliphatic heterocycles. The van der Waals surface area contributed by atoms with Gasteiger partial charge in [-0.2, -0.15) is 0 Å². The van der Waals surface area contributed by atoms with Crippen LogP contribution >= 0.6 is 0 Å². The van der Waals surface area contributed by atoms with Crippen LogP contribution in [-0.4, -0.2) is 39.6 Å². The number of nitrogens with zero attached hydrogens (tertiary/aromatic N) is 4. The maximum atomic E-state index is 13.2. The molecule has 152 valence electrons. The van der Waals surface area contributed by atoms with Crippen LogP contribution in [0.15, 0.2) is 64.4 Å². The van der Waals surface area contributed by atoms with Crippen molar-refractivity contribution in [3.05, 3.63) is 82.2 Å². The number of hydrogen-bond acceptors (Lipinski definition) is 5. The summed E-state index contributed by atoms with van der Waals surface area (Å²) < 4.78 is 6.60. The van der Waals surface area contributed by atoms with Gasteiger partial charge in [0.25, 0.3) is 11.5 Å². The summed E-state index contributed by atoms with van der Waals surface area (Å²) in [6.07, 6.45) is 3.14. The number of carbonyl (C=O) groups is 1. The van der Waals surface area contributed by atoms with Gasteiger partial charge in [-0.15, -0.1) is 0 Å². The van der Waals surface area contributed by atoms with E-state index in [1.54, 1.807) is 43.4 Å². The van der Waals surface area contributed by atoms with Crippen molar-refractivity contribution in [2.75, 3.05) is 14.1 Å². The standard InChI is InChI=1S/C23H22N4O3/c1-14-20(12-30-25-14)17-8-9-19-21(11-17)24-13-27(23(19)29)15(2)16-6-5-7-18(10-16)22(28)26(3)4/h5-13,15H,1-4H3/t15-/m1/s1. The van der Waals surface area contributed by atoms with Crippen molar-refractivity contribution in [3.8, 4) is 11.1 Å². The summed E-state index contributed by atoms with van der Waals surface area (Å²) >= 11 is 0. The second-order valence-corrected chi connectivity index (χ2v) is 7.50. The molecule has 2 heterocycles. The van der Waals surface area contributed by atoms with E-state index in [4.69, 9.17) is 4.52 Å². The minimum Gasteiger partial charge on any atom is -0.364 e. The fraction of sp³-hybridized carbons (Fsp3) is 0.217. The van der Waals surface area contributed by atoms with Crippen molar-refractivity contribution >= 4 is 16.8 Å². The molecule has 7 nitrogen and oxygen atoms in total. The van der Waals surface area contributed by atoms with Gasteiger partial charge in [0.2, 0.25) is 0 Å². The lowest BCUT2D eigenvalue weighted by Gasteiger charge is -2.17. The van der Waals surface area contributed by atoms with Crippen LogP contribution in [0.25, 0.3) is 22.0 Å². The Labute approximate surface area is 173 Å². The number of aryl methyl sites for hydroxylation is 1. The van der Waals surface area contributed by atoms with Gasteiger partial charge < -0.3 is 9.42 Å². The molecular weight excluding hydrogens is 380 g/mol. The third kappa shape index (κ3) is 3.39. The van der Waals surface area contributed by atoms with Gasteiger partial charge in [-0.1, -0.05) is 23.4 Å². The summed E-state index contributed by atoms with van der Waals surface area (Å²) in [4.78, 5) is 31.5. The molecule has 2 aromatic heterocycles. The van der Waals surface area contributed by atoms with Gasteiger partial charge in [-0.25, -0.2) is 4.98 Å². The predicted molar refractivity (Wildman–Crippen MR) is 115 cm³/mol. The molecule has 0 aliphatic rings. The molecule has 1 amide bonds. The zero-order valence-corrected chi connectivity index (χ0v) is 17.3. The Morgan fingerprint density at radius 2 is 1.97 bits per heavy atom. The highest BCUT2D eigenvalue weighted by molar-refractivity contribution is 5.94. The molecular formula is C23H22N4O3. The van der Waals surface area contributed by atoms with Crippen molar-refractivity contribution in [2.24, 2.45) is 0 Å². The SMILES string of the molecule is Cc1nocc1-c1ccc2c(=O)n([C@H](C)c3cccc(C(=O)N(C)C)c3)cnc2c1. The highest BCUT2D eigenvalue weighted by atomic mass is 16.5. The fourth-order valence-electron chi connectivity index (χ4n) is 3.50. The average Bonchev–Trinajstić information content (AvgIpc) is 3.18. The highest BCUT2D eigenvalue weighted by Gasteiger charge is 2.16. The summed E-state index contributed by atoms with van der Waals surface area (Å²) in [6, 6.07) is 12.6. The fourth-order valence-corrected chi connectivity index (χ4v) is 3.50. The first-order valence-electron chi connectivity index (χ1n) is 9.60. The average molecular weight is 402 g/mol. The molecule has 7 heteroatoms. The van der Waals surface area contributed by atoms with Crippen molar-refractivity contribution in [1.82, 2.24) is 19.6 Å². The van der Waals surface area contributed by atoms with E-state index < -0.39 is 0 Å². The third-order valence-corrected chi connectivity index (χ3v) is 5.28. The van der Waals surface area contributed by atoms with Crippen LogP contribution in [0.3, 0.4) is 0 Å². The van der Waals surface area contributed by atoms with Crippen LogP contribution < -0.4 is 5.56 Å². The van der Waals surface area contributed by atoms with Gasteiger partial charge in [0.1, 0.15) is 6.26 Å². The summed E-state index contributed by atoms with van der Waals surface area (Å²) in [7, 11) is 3.43. The summed E-state index contributed by atoms with van der Waals surface area (Å²) in [5.74, 6) is -0.0791. The molecule has 0 fully saturated rings. The number of hydrogen-bond donors (Lipinski definition) is 0. The van der Waals surface area contributed by atoms with Gasteiger partial charge in [-0.05, 0) is 49.2 Å². The lowest BCUT2D eigenvalue weighted by molar-refractivity contribution is 0.0827. The molecule has 0 saturated carbocycles. The summed E-state index contributed by atoms with van der Waals surface area (Å²) in [5.41, 5.74) is 4.47. The van der Waals surface area contributed by atoms with Crippen LogP contribution in [-0.2, 0) is 0 Å². The van der Waals surface area contributed by atoms with E-state index in [2.05, 4.69) is 10.1 Å². The number of aromatic nitrogens is 3. The molecule has 0 spiro atoms. The number of amides is 1. The molecule has 0 bridgehead atoms. The molecule has 0 saturated heterocycles. The molecule has 1 atom stereocenters. The normalized spacial score (nSPS) is 12.1. The summed E-state index contributed by atoms with van der Waals surface area (Å²) in [5, 5.41) is 4.43. The van der Waals surface area contributed by atoms with Crippen molar-refractivity contribution in [2.45, 2.75) is 19.9 Å². The first kappa shape index (κ1) is 19.6. The van der Waals surface area contributed by atoms with Gasteiger partial charge in [-0.3, -0.25) is 14.2 Å². The first-order valence-corrected chi connectivity index (χ1v) is 9.60. The van der Waals surface area contributed by atoms with Gasteiger partial charge in [0, 0.05) is 25.2 Å². The maximum absolute atomic E-state index is 13.2. The van der Waals surface area contributed by atoms with Crippen molar-refractivity contribution in [1.29, 1.82) is 0 Å². The van der Waals surface area contributed by atoms with Gasteiger partial charge in [0.15, 0.2) is 0 Å². The van der Waals surface area contributed by atoms with Crippen LogP contribution in [0.2, 0.25) is 0 Å². The van der Waals surface area contributed by atoms with E-state index in [0.717, 1.165) is 22.4 Å². The van der Waals surface area contributed by atoms with E-state index in [9.17, 15) is 9.59 Å². The zero-order valence-electron chi connectivity index (χ0n) is 17.3. The van der Waals surface area contributed by atoms with Gasteiger partial charge in [0.05, 0.1) is 29.0 Å². The Bertz CT molecular complexity index is 1300. The number of carbonyl (C=O) groups excluding carboxylic acids is 1. The number of rotatable bonds is 4. The molecule has 4 aromatic rings. The van der Waals surface area contributed by atoms with E-state index >= 15 is 0 Å². The monoisotopic (exact) mass is 402 g/mol. The van der Waals surface area contributed by atoms with Gasteiger partial charge >= 0.3 is 0 Å². The summed E-state index contributed by atoms with van der Waals surface area (Å²) in [6.45, 7) is 3.79. The van der Waals surface area contributed by atoms with Crippen LogP contribution in [0.5, 0.6) is 0 Å². The lowest BCUT2D eigenvalue weighted by Crippen LogP contribution is -2.25. The van der Waals surface area contributed by atoms with E-state index in [1.807, 2.05) is 44.2 Å².